The third-order valence-corrected chi connectivity index (χ3v) is 10.5. The number of carbonyl (C=O) groups excluding carboxylic acids is 4. The lowest BCUT2D eigenvalue weighted by Crippen LogP contribution is -2.59. The van der Waals surface area contributed by atoms with Crippen LogP contribution >= 0.6 is 0 Å². The Balaban J connectivity index is 1.33. The molecule has 13 nitrogen and oxygen atoms in total. The molecule has 13 heteroatoms. The second-order valence-corrected chi connectivity index (χ2v) is 14.3. The minimum Gasteiger partial charge on any atom is -0.463 e. The highest BCUT2D eigenvalue weighted by Gasteiger charge is 2.75. The summed E-state index contributed by atoms with van der Waals surface area (Å²) in [6, 6.07) is 14.1. The van der Waals surface area contributed by atoms with Gasteiger partial charge in [-0.1, -0.05) is 73.7 Å². The van der Waals surface area contributed by atoms with Crippen LogP contribution in [0.5, 0.6) is 0 Å². The SMILES string of the molecule is C=CCCC(=O)OC[C@@H](NC(=O)[C@@H]1[C@@H]2CC[C@]3(O2)[C@H](C(=O)N(CC=C)Cn2nnc4ccccc42)N([C@@H](CO)CC(C)C)C(=O)[C@@H]13)c1ccccc1. The van der Waals surface area contributed by atoms with Crippen molar-refractivity contribution in [1.29, 1.82) is 0 Å². The zero-order chi connectivity index (χ0) is 37.0. The van der Waals surface area contributed by atoms with Gasteiger partial charge in [-0.3, -0.25) is 19.2 Å². The highest BCUT2D eigenvalue weighted by molar-refractivity contribution is 5.99. The van der Waals surface area contributed by atoms with Crippen LogP contribution in [0, 0.1) is 17.8 Å². The molecule has 3 aromatic rings. The van der Waals surface area contributed by atoms with Crippen molar-refractivity contribution in [3.05, 3.63) is 85.5 Å². The molecule has 3 amide bonds. The van der Waals surface area contributed by atoms with Gasteiger partial charge >= 0.3 is 5.97 Å². The number of rotatable bonds is 17. The van der Waals surface area contributed by atoms with Crippen molar-refractivity contribution in [2.45, 2.75) is 82.5 Å². The second kappa shape index (κ2) is 15.8. The molecular formula is C39H48N6O7. The van der Waals surface area contributed by atoms with E-state index >= 15 is 0 Å². The number of para-hydroxylation sites is 1. The van der Waals surface area contributed by atoms with Crippen molar-refractivity contribution < 1.29 is 33.8 Å². The molecule has 1 aromatic heterocycles. The van der Waals surface area contributed by atoms with Crippen molar-refractivity contribution in [2.24, 2.45) is 17.8 Å². The molecule has 2 N–H and O–H groups in total. The van der Waals surface area contributed by atoms with Gasteiger partial charge in [-0.05, 0) is 49.3 Å². The Morgan fingerprint density at radius 1 is 1.13 bits per heavy atom. The van der Waals surface area contributed by atoms with Crippen LogP contribution in [0.15, 0.2) is 79.9 Å². The number of aromatic nitrogens is 3. The molecule has 52 heavy (non-hydrogen) atoms. The highest BCUT2D eigenvalue weighted by atomic mass is 16.5. The number of esters is 1. The lowest BCUT2D eigenvalue weighted by molar-refractivity contribution is -0.152. The second-order valence-electron chi connectivity index (χ2n) is 14.3. The fourth-order valence-electron chi connectivity index (χ4n) is 8.26. The van der Waals surface area contributed by atoms with Gasteiger partial charge in [0.25, 0.3) is 0 Å². The van der Waals surface area contributed by atoms with Crippen LogP contribution in [-0.4, -0.2) is 97.1 Å². The Hall–Kier alpha value is -4.88. The predicted molar refractivity (Wildman–Crippen MR) is 192 cm³/mol. The van der Waals surface area contributed by atoms with E-state index in [0.717, 1.165) is 11.1 Å². The Morgan fingerprint density at radius 2 is 1.88 bits per heavy atom. The van der Waals surface area contributed by atoms with Crippen LogP contribution in [0.1, 0.15) is 57.6 Å². The van der Waals surface area contributed by atoms with Crippen LogP contribution in [0.3, 0.4) is 0 Å². The number of fused-ring (bicyclic) bond motifs is 2. The molecule has 0 unspecified atom stereocenters. The molecule has 0 aliphatic carbocycles. The van der Waals surface area contributed by atoms with Gasteiger partial charge in [0.2, 0.25) is 17.7 Å². The molecule has 3 aliphatic heterocycles. The van der Waals surface area contributed by atoms with E-state index in [-0.39, 0.29) is 44.7 Å². The van der Waals surface area contributed by atoms with Gasteiger partial charge in [0.05, 0.1) is 42.1 Å². The number of ether oxygens (including phenoxy) is 2. The minimum atomic E-state index is -1.30. The first-order chi connectivity index (χ1) is 25.1. The maximum Gasteiger partial charge on any atom is 0.306 e. The van der Waals surface area contributed by atoms with Crippen molar-refractivity contribution in [3.8, 4) is 0 Å². The van der Waals surface area contributed by atoms with Gasteiger partial charge < -0.3 is 29.7 Å². The van der Waals surface area contributed by atoms with Gasteiger partial charge in [0, 0.05) is 13.0 Å². The molecule has 1 spiro atoms. The number of benzene rings is 2. The lowest BCUT2D eigenvalue weighted by atomic mass is 9.70. The summed E-state index contributed by atoms with van der Waals surface area (Å²) in [6.45, 7) is 11.2. The number of amides is 3. The monoisotopic (exact) mass is 712 g/mol. The Morgan fingerprint density at radius 3 is 2.60 bits per heavy atom. The smallest absolute Gasteiger partial charge is 0.306 e. The molecule has 7 atom stereocenters. The van der Waals surface area contributed by atoms with E-state index < -0.39 is 59.5 Å². The van der Waals surface area contributed by atoms with Crippen molar-refractivity contribution in [1.82, 2.24) is 30.1 Å². The summed E-state index contributed by atoms with van der Waals surface area (Å²) in [5.74, 6) is -3.38. The Kier molecular flexibility index (Phi) is 11.2. The van der Waals surface area contributed by atoms with E-state index in [2.05, 4.69) is 28.8 Å². The first-order valence-corrected chi connectivity index (χ1v) is 18.0. The summed E-state index contributed by atoms with van der Waals surface area (Å²) < 4.78 is 13.9. The zero-order valence-electron chi connectivity index (χ0n) is 29.8. The fraction of sp³-hybridized carbons (Fsp3) is 0.487. The quantitative estimate of drug-likeness (QED) is 0.158. The largest absolute Gasteiger partial charge is 0.463 e. The molecule has 3 fully saturated rings. The molecule has 6 rings (SSSR count). The number of nitrogens with one attached hydrogen (secondary N) is 1. The molecule has 0 radical (unpaired) electrons. The van der Waals surface area contributed by atoms with Crippen molar-refractivity contribution in [3.63, 3.8) is 0 Å². The third kappa shape index (κ3) is 6.99. The number of hydrogen-bond acceptors (Lipinski definition) is 9. The van der Waals surface area contributed by atoms with Gasteiger partial charge in [-0.25, -0.2) is 4.68 Å². The van der Waals surface area contributed by atoms with E-state index in [1.54, 1.807) is 21.7 Å². The predicted octanol–water partition coefficient (Wildman–Crippen LogP) is 3.55. The topological polar surface area (TPSA) is 156 Å². The number of allylic oxidation sites excluding steroid dienone is 1. The molecule has 3 aliphatic rings. The van der Waals surface area contributed by atoms with Crippen LogP contribution in [0.2, 0.25) is 0 Å². The normalized spacial score (nSPS) is 24.5. The molecule has 4 heterocycles. The Bertz CT molecular complexity index is 1800. The number of likely N-dealkylation sites (tertiary alicyclic amines) is 1. The summed E-state index contributed by atoms with van der Waals surface area (Å²) in [7, 11) is 0. The van der Waals surface area contributed by atoms with Crippen LogP contribution in [-0.2, 0) is 35.3 Å². The maximum atomic E-state index is 15.0. The zero-order valence-corrected chi connectivity index (χ0v) is 29.8. The van der Waals surface area contributed by atoms with E-state index in [1.165, 1.54) is 4.90 Å². The fourth-order valence-corrected chi connectivity index (χ4v) is 8.26. The van der Waals surface area contributed by atoms with Gasteiger partial charge in [-0.2, -0.15) is 0 Å². The number of carbonyl (C=O) groups is 4. The average Bonchev–Trinajstić information content (AvgIpc) is 3.90. The van der Waals surface area contributed by atoms with Gasteiger partial charge in [-0.15, -0.1) is 18.3 Å². The first-order valence-electron chi connectivity index (χ1n) is 18.0. The van der Waals surface area contributed by atoms with E-state index in [1.807, 2.05) is 68.4 Å². The van der Waals surface area contributed by atoms with Crippen molar-refractivity contribution >= 4 is 34.7 Å². The summed E-state index contributed by atoms with van der Waals surface area (Å²) >= 11 is 0. The molecule has 2 aromatic carbocycles. The summed E-state index contributed by atoms with van der Waals surface area (Å²) in [5, 5.41) is 22.3. The number of aliphatic hydroxyl groups is 1. The van der Waals surface area contributed by atoms with E-state index in [9.17, 15) is 24.3 Å². The van der Waals surface area contributed by atoms with Crippen molar-refractivity contribution in [2.75, 3.05) is 19.8 Å². The molecule has 2 bridgehead atoms. The number of aliphatic hydroxyl groups excluding tert-OH is 1. The summed E-state index contributed by atoms with van der Waals surface area (Å²) in [5.41, 5.74) is 0.849. The summed E-state index contributed by atoms with van der Waals surface area (Å²) in [4.78, 5) is 59.6. The van der Waals surface area contributed by atoms with Crippen LogP contribution in [0.25, 0.3) is 11.0 Å². The van der Waals surface area contributed by atoms with E-state index in [0.29, 0.717) is 31.2 Å². The van der Waals surface area contributed by atoms with Gasteiger partial charge in [0.15, 0.2) is 0 Å². The number of nitrogens with zero attached hydrogens (tertiary/aromatic N) is 5. The number of hydrogen-bond donors (Lipinski definition) is 2. The lowest BCUT2D eigenvalue weighted by Gasteiger charge is -2.39. The van der Waals surface area contributed by atoms with Crippen LogP contribution in [0.4, 0.5) is 0 Å². The van der Waals surface area contributed by atoms with Gasteiger partial charge in [0.1, 0.15) is 30.4 Å². The summed E-state index contributed by atoms with van der Waals surface area (Å²) in [6.07, 6.45) is 4.58. The highest BCUT2D eigenvalue weighted by Crippen LogP contribution is 2.59. The minimum absolute atomic E-state index is 0.0379. The first kappa shape index (κ1) is 36.9. The third-order valence-electron chi connectivity index (χ3n) is 10.5. The molecule has 276 valence electrons. The maximum absolute atomic E-state index is 15.0. The Labute approximate surface area is 303 Å². The van der Waals surface area contributed by atoms with Crippen LogP contribution < -0.4 is 5.32 Å². The van der Waals surface area contributed by atoms with E-state index in [4.69, 9.17) is 9.47 Å². The molecular weight excluding hydrogens is 664 g/mol. The standard InChI is InChI=1S/C39H48N6O7/c1-5-7-17-32(47)51-23-29(26-13-9-8-10-14-26)40-36(48)33-31-18-19-39(52-31)34(33)37(49)45(27(22-46)21-25(3)4)35(39)38(50)43(20-6-2)24-44-30-16-12-11-15-28(30)41-42-44/h5-6,8-16,25,27,29,31,33-35,46H,1-2,7,17-24H2,3-4H3,(H,40,48)/t27-,29-,31+,33-,34-,35+,39-/m1/s1. The molecule has 0 saturated carbocycles. The average molecular weight is 713 g/mol. The molecule has 3 saturated heterocycles.